The minimum atomic E-state index is 0.425. The van der Waals surface area contributed by atoms with Crippen LogP contribution in [0.4, 0.5) is 0 Å². The molecule has 140 valence electrons. The van der Waals surface area contributed by atoms with Gasteiger partial charge in [0, 0.05) is 25.7 Å². The molecular formula is C20H30N6. The van der Waals surface area contributed by atoms with E-state index in [9.17, 15) is 0 Å². The van der Waals surface area contributed by atoms with Gasteiger partial charge in [0.25, 0.3) is 0 Å². The molecule has 1 unspecified atom stereocenters. The molecule has 1 saturated carbocycles. The van der Waals surface area contributed by atoms with Gasteiger partial charge in [-0.3, -0.25) is 4.90 Å². The van der Waals surface area contributed by atoms with E-state index in [-0.39, 0.29) is 0 Å². The maximum absolute atomic E-state index is 5.08. The fourth-order valence-corrected chi connectivity index (χ4v) is 5.03. The van der Waals surface area contributed by atoms with Crippen molar-refractivity contribution in [2.45, 2.75) is 76.3 Å². The van der Waals surface area contributed by atoms with Crippen LogP contribution in [-0.4, -0.2) is 35.8 Å². The van der Waals surface area contributed by atoms with Crippen molar-refractivity contribution in [3.05, 3.63) is 28.9 Å². The molecular weight excluding hydrogens is 324 g/mol. The highest BCUT2D eigenvalue weighted by atomic mass is 15.3. The summed E-state index contributed by atoms with van der Waals surface area (Å²) >= 11 is 0. The van der Waals surface area contributed by atoms with Crippen molar-refractivity contribution < 1.29 is 0 Å². The molecule has 3 aliphatic rings. The van der Waals surface area contributed by atoms with Crippen LogP contribution >= 0.6 is 0 Å². The van der Waals surface area contributed by atoms with Gasteiger partial charge in [-0.25, -0.2) is 4.98 Å². The van der Waals surface area contributed by atoms with E-state index >= 15 is 0 Å². The SMILES string of the molecule is Cn1c(CN2CCCC2c2nc3c(n2C)CCCC3)nnc1C1CCC1. The third-order valence-electron chi connectivity index (χ3n) is 6.88. The van der Waals surface area contributed by atoms with E-state index < -0.39 is 0 Å². The van der Waals surface area contributed by atoms with Crippen molar-refractivity contribution in [3.63, 3.8) is 0 Å². The normalized spacial score (nSPS) is 24.0. The van der Waals surface area contributed by atoms with Gasteiger partial charge >= 0.3 is 0 Å². The number of likely N-dealkylation sites (tertiary alicyclic amines) is 1. The molecule has 0 radical (unpaired) electrons. The molecule has 1 saturated heterocycles. The first-order valence-corrected chi connectivity index (χ1v) is 10.4. The average Bonchev–Trinajstić information content (AvgIpc) is 3.28. The Morgan fingerprint density at radius 2 is 1.73 bits per heavy atom. The molecule has 0 bridgehead atoms. The van der Waals surface area contributed by atoms with Crippen LogP contribution in [0, 0.1) is 0 Å². The van der Waals surface area contributed by atoms with Crippen LogP contribution in [0.25, 0.3) is 0 Å². The molecule has 0 aromatic carbocycles. The van der Waals surface area contributed by atoms with E-state index in [1.54, 1.807) is 0 Å². The lowest BCUT2D eigenvalue weighted by atomic mass is 9.85. The summed E-state index contributed by atoms with van der Waals surface area (Å²) in [6.45, 7) is 2.02. The van der Waals surface area contributed by atoms with Crippen molar-refractivity contribution in [2.24, 2.45) is 14.1 Å². The quantitative estimate of drug-likeness (QED) is 0.847. The highest BCUT2D eigenvalue weighted by Gasteiger charge is 2.33. The lowest BCUT2D eigenvalue weighted by Gasteiger charge is -2.25. The van der Waals surface area contributed by atoms with Crippen LogP contribution in [0.15, 0.2) is 0 Å². The van der Waals surface area contributed by atoms with Gasteiger partial charge in [-0.2, -0.15) is 0 Å². The van der Waals surface area contributed by atoms with Gasteiger partial charge in [-0.1, -0.05) is 6.42 Å². The Kier molecular flexibility index (Phi) is 4.11. The first-order chi connectivity index (χ1) is 12.7. The number of nitrogens with zero attached hydrogens (tertiary/aromatic N) is 6. The van der Waals surface area contributed by atoms with Crippen molar-refractivity contribution in [1.82, 2.24) is 29.2 Å². The van der Waals surface area contributed by atoms with Crippen LogP contribution in [-0.2, 0) is 33.5 Å². The minimum absolute atomic E-state index is 0.425. The summed E-state index contributed by atoms with van der Waals surface area (Å²) < 4.78 is 4.65. The molecule has 6 heteroatoms. The second kappa shape index (κ2) is 6.48. The number of fused-ring (bicyclic) bond motifs is 1. The standard InChI is InChI=1S/C20H30N6/c1-24-16-10-4-3-9-15(16)21-20(24)17-11-6-12-26(17)13-18-22-23-19(25(18)2)14-7-5-8-14/h14,17H,3-13H2,1-2H3. The molecule has 2 aliphatic carbocycles. The lowest BCUT2D eigenvalue weighted by Crippen LogP contribution is -2.27. The van der Waals surface area contributed by atoms with Crippen LogP contribution in [0.5, 0.6) is 0 Å². The van der Waals surface area contributed by atoms with Crippen molar-refractivity contribution in [3.8, 4) is 0 Å². The molecule has 0 amide bonds. The predicted molar refractivity (Wildman–Crippen MR) is 99.8 cm³/mol. The Hall–Kier alpha value is -1.69. The number of aromatic nitrogens is 5. The minimum Gasteiger partial charge on any atom is -0.334 e. The monoisotopic (exact) mass is 354 g/mol. The second-order valence-electron chi connectivity index (χ2n) is 8.42. The van der Waals surface area contributed by atoms with E-state index in [0.717, 1.165) is 25.3 Å². The number of aryl methyl sites for hydroxylation is 1. The number of hydrogen-bond acceptors (Lipinski definition) is 4. The Morgan fingerprint density at radius 1 is 0.885 bits per heavy atom. The zero-order valence-electron chi connectivity index (χ0n) is 16.1. The van der Waals surface area contributed by atoms with Gasteiger partial charge in [0.05, 0.1) is 18.3 Å². The summed E-state index contributed by atoms with van der Waals surface area (Å²) in [5, 5.41) is 9.06. The third-order valence-corrected chi connectivity index (χ3v) is 6.88. The van der Waals surface area contributed by atoms with E-state index in [1.807, 2.05) is 0 Å². The summed E-state index contributed by atoms with van der Waals surface area (Å²) in [6, 6.07) is 0.425. The Morgan fingerprint density at radius 3 is 2.50 bits per heavy atom. The van der Waals surface area contributed by atoms with Crippen molar-refractivity contribution >= 4 is 0 Å². The van der Waals surface area contributed by atoms with Gasteiger partial charge < -0.3 is 9.13 Å². The summed E-state index contributed by atoms with van der Waals surface area (Å²) in [4.78, 5) is 7.65. The second-order valence-corrected chi connectivity index (χ2v) is 8.42. The topological polar surface area (TPSA) is 51.8 Å². The van der Waals surface area contributed by atoms with Gasteiger partial charge in [-0.15, -0.1) is 10.2 Å². The molecule has 6 nitrogen and oxygen atoms in total. The maximum Gasteiger partial charge on any atom is 0.146 e. The summed E-state index contributed by atoms with van der Waals surface area (Å²) in [6.07, 6.45) is 11.3. The number of rotatable bonds is 4. The maximum atomic E-state index is 5.08. The molecule has 2 fully saturated rings. The molecule has 0 spiro atoms. The Balaban J connectivity index is 1.38. The molecule has 1 aliphatic heterocycles. The fraction of sp³-hybridized carbons (Fsp3) is 0.750. The summed E-state index contributed by atoms with van der Waals surface area (Å²) in [7, 11) is 4.37. The molecule has 0 N–H and O–H groups in total. The zero-order valence-corrected chi connectivity index (χ0v) is 16.1. The largest absolute Gasteiger partial charge is 0.334 e. The fourth-order valence-electron chi connectivity index (χ4n) is 5.03. The molecule has 2 aromatic heterocycles. The molecule has 2 aromatic rings. The van der Waals surface area contributed by atoms with E-state index in [0.29, 0.717) is 12.0 Å². The van der Waals surface area contributed by atoms with Gasteiger partial charge in [-0.05, 0) is 57.9 Å². The summed E-state index contributed by atoms with van der Waals surface area (Å²) in [5.74, 6) is 4.21. The van der Waals surface area contributed by atoms with Gasteiger partial charge in [0.2, 0.25) is 0 Å². The first kappa shape index (κ1) is 16.5. The Bertz CT molecular complexity index is 800. The highest BCUT2D eigenvalue weighted by Crippen LogP contribution is 2.37. The van der Waals surface area contributed by atoms with Crippen molar-refractivity contribution in [1.29, 1.82) is 0 Å². The van der Waals surface area contributed by atoms with Gasteiger partial charge in [0.15, 0.2) is 0 Å². The molecule has 1 atom stereocenters. The average molecular weight is 355 g/mol. The van der Waals surface area contributed by atoms with Crippen LogP contribution in [0.2, 0.25) is 0 Å². The van der Waals surface area contributed by atoms with Crippen LogP contribution in [0.3, 0.4) is 0 Å². The van der Waals surface area contributed by atoms with Gasteiger partial charge in [0.1, 0.15) is 17.5 Å². The third kappa shape index (κ3) is 2.61. The molecule has 3 heterocycles. The van der Waals surface area contributed by atoms with E-state index in [2.05, 4.69) is 38.3 Å². The number of imidazole rings is 1. The highest BCUT2D eigenvalue weighted by molar-refractivity contribution is 5.22. The predicted octanol–water partition coefficient (Wildman–Crippen LogP) is 3.03. The number of hydrogen-bond donors (Lipinski definition) is 0. The smallest absolute Gasteiger partial charge is 0.146 e. The van der Waals surface area contributed by atoms with E-state index in [1.165, 1.54) is 74.4 Å². The lowest BCUT2D eigenvalue weighted by molar-refractivity contribution is 0.227. The first-order valence-electron chi connectivity index (χ1n) is 10.4. The van der Waals surface area contributed by atoms with Crippen molar-refractivity contribution in [2.75, 3.05) is 6.54 Å². The zero-order chi connectivity index (χ0) is 17.7. The Labute approximate surface area is 155 Å². The van der Waals surface area contributed by atoms with Crippen LogP contribution < -0.4 is 0 Å². The molecule has 5 rings (SSSR count). The van der Waals surface area contributed by atoms with Crippen LogP contribution in [0.1, 0.15) is 85.8 Å². The molecule has 26 heavy (non-hydrogen) atoms. The summed E-state index contributed by atoms with van der Waals surface area (Å²) in [5.41, 5.74) is 2.83. The van der Waals surface area contributed by atoms with E-state index in [4.69, 9.17) is 4.98 Å².